The third kappa shape index (κ3) is 2.85. The molecule has 1 heteroatoms. The molecule has 0 atom stereocenters. The summed E-state index contributed by atoms with van der Waals surface area (Å²) >= 11 is 0. The van der Waals surface area contributed by atoms with Gasteiger partial charge in [-0.1, -0.05) is 30.7 Å². The summed E-state index contributed by atoms with van der Waals surface area (Å²) in [6.45, 7) is 10.5. The van der Waals surface area contributed by atoms with Crippen LogP contribution in [0.15, 0.2) is 18.2 Å². The van der Waals surface area contributed by atoms with E-state index in [1.165, 1.54) is 42.6 Å². The van der Waals surface area contributed by atoms with E-state index in [1.807, 2.05) is 0 Å². The summed E-state index contributed by atoms with van der Waals surface area (Å²) in [5, 5.41) is 0. The first-order valence-corrected chi connectivity index (χ1v) is 6.43. The molecular formula is C15H23N. The third-order valence-corrected chi connectivity index (χ3v) is 3.77. The minimum Gasteiger partial charge on any atom is -0.299 e. The summed E-state index contributed by atoms with van der Waals surface area (Å²) in [5.74, 6) is 0.926. The quantitative estimate of drug-likeness (QED) is 0.732. The fourth-order valence-electron chi connectivity index (χ4n) is 2.43. The minimum atomic E-state index is 0.926. The summed E-state index contributed by atoms with van der Waals surface area (Å²) in [6, 6.07) is 6.79. The highest BCUT2D eigenvalue weighted by Gasteiger charge is 2.16. The molecule has 0 spiro atoms. The Bertz CT molecular complexity index is 348. The van der Waals surface area contributed by atoms with Crippen LogP contribution in [0.2, 0.25) is 0 Å². The standard InChI is InChI=1S/C15H23N/c1-12-6-8-16(9-7-12)11-15-10-13(2)4-5-14(15)3/h4-5,10,12H,6-9,11H2,1-3H3. The van der Waals surface area contributed by atoms with Gasteiger partial charge < -0.3 is 0 Å². The second-order valence-electron chi connectivity index (χ2n) is 5.39. The fraction of sp³-hybridized carbons (Fsp3) is 0.600. The molecule has 1 saturated heterocycles. The second-order valence-corrected chi connectivity index (χ2v) is 5.39. The summed E-state index contributed by atoms with van der Waals surface area (Å²) in [5.41, 5.74) is 4.32. The van der Waals surface area contributed by atoms with Crippen molar-refractivity contribution in [3.8, 4) is 0 Å². The Hall–Kier alpha value is -0.820. The van der Waals surface area contributed by atoms with Gasteiger partial charge in [-0.3, -0.25) is 4.90 Å². The minimum absolute atomic E-state index is 0.926. The maximum Gasteiger partial charge on any atom is 0.0236 e. The SMILES string of the molecule is Cc1ccc(C)c(CN2CCC(C)CC2)c1. The van der Waals surface area contributed by atoms with Crippen LogP contribution >= 0.6 is 0 Å². The molecular weight excluding hydrogens is 194 g/mol. The van der Waals surface area contributed by atoms with E-state index in [0.29, 0.717) is 0 Å². The van der Waals surface area contributed by atoms with Crippen LogP contribution in [-0.2, 0) is 6.54 Å². The van der Waals surface area contributed by atoms with E-state index in [2.05, 4.69) is 43.9 Å². The average Bonchev–Trinajstić information content (AvgIpc) is 2.27. The predicted octanol–water partition coefficient (Wildman–Crippen LogP) is 3.54. The number of piperidine rings is 1. The van der Waals surface area contributed by atoms with Gasteiger partial charge >= 0.3 is 0 Å². The molecule has 1 nitrogen and oxygen atoms in total. The average molecular weight is 217 g/mol. The maximum atomic E-state index is 2.60. The van der Waals surface area contributed by atoms with Crippen molar-refractivity contribution in [2.24, 2.45) is 5.92 Å². The number of aryl methyl sites for hydroxylation is 2. The van der Waals surface area contributed by atoms with Crippen LogP contribution in [0, 0.1) is 19.8 Å². The van der Waals surface area contributed by atoms with E-state index in [0.717, 1.165) is 12.5 Å². The molecule has 0 amide bonds. The van der Waals surface area contributed by atoms with Gasteiger partial charge in [0, 0.05) is 6.54 Å². The van der Waals surface area contributed by atoms with E-state index in [4.69, 9.17) is 0 Å². The smallest absolute Gasteiger partial charge is 0.0236 e. The Kier molecular flexibility index (Phi) is 3.65. The number of likely N-dealkylation sites (tertiary alicyclic amines) is 1. The van der Waals surface area contributed by atoms with E-state index < -0.39 is 0 Å². The van der Waals surface area contributed by atoms with Gasteiger partial charge in [-0.15, -0.1) is 0 Å². The van der Waals surface area contributed by atoms with Crippen molar-refractivity contribution in [2.75, 3.05) is 13.1 Å². The van der Waals surface area contributed by atoms with Crippen LogP contribution in [0.5, 0.6) is 0 Å². The summed E-state index contributed by atoms with van der Waals surface area (Å²) in [6.07, 6.45) is 2.73. The van der Waals surface area contributed by atoms with Crippen molar-refractivity contribution in [2.45, 2.75) is 40.2 Å². The van der Waals surface area contributed by atoms with E-state index in [-0.39, 0.29) is 0 Å². The highest BCUT2D eigenvalue weighted by molar-refractivity contribution is 5.30. The first-order chi connectivity index (χ1) is 7.65. The van der Waals surface area contributed by atoms with Gasteiger partial charge in [-0.25, -0.2) is 0 Å². The highest BCUT2D eigenvalue weighted by Crippen LogP contribution is 2.20. The van der Waals surface area contributed by atoms with Gasteiger partial charge in [0.15, 0.2) is 0 Å². The lowest BCUT2D eigenvalue weighted by molar-refractivity contribution is 0.185. The Morgan fingerprint density at radius 3 is 2.56 bits per heavy atom. The lowest BCUT2D eigenvalue weighted by atomic mass is 9.98. The van der Waals surface area contributed by atoms with E-state index in [9.17, 15) is 0 Å². The van der Waals surface area contributed by atoms with Crippen LogP contribution in [0.4, 0.5) is 0 Å². The van der Waals surface area contributed by atoms with E-state index >= 15 is 0 Å². The lowest BCUT2D eigenvalue weighted by Gasteiger charge is -2.30. The van der Waals surface area contributed by atoms with Gasteiger partial charge in [-0.2, -0.15) is 0 Å². The van der Waals surface area contributed by atoms with Crippen molar-refractivity contribution in [3.63, 3.8) is 0 Å². The first-order valence-electron chi connectivity index (χ1n) is 6.43. The Labute approximate surface area is 99.5 Å². The van der Waals surface area contributed by atoms with Gasteiger partial charge in [0.1, 0.15) is 0 Å². The van der Waals surface area contributed by atoms with Gasteiger partial charge in [0.2, 0.25) is 0 Å². The molecule has 1 aliphatic rings. The molecule has 0 radical (unpaired) electrons. The summed E-state index contributed by atoms with van der Waals surface area (Å²) in [4.78, 5) is 2.60. The van der Waals surface area contributed by atoms with E-state index in [1.54, 1.807) is 0 Å². The van der Waals surface area contributed by atoms with Crippen molar-refractivity contribution in [1.29, 1.82) is 0 Å². The first kappa shape index (κ1) is 11.7. The topological polar surface area (TPSA) is 3.24 Å². The Balaban J connectivity index is 2.00. The zero-order valence-electron chi connectivity index (χ0n) is 10.8. The number of nitrogens with zero attached hydrogens (tertiary/aromatic N) is 1. The molecule has 0 aromatic heterocycles. The largest absolute Gasteiger partial charge is 0.299 e. The fourth-order valence-corrected chi connectivity index (χ4v) is 2.43. The van der Waals surface area contributed by atoms with Crippen LogP contribution in [0.3, 0.4) is 0 Å². The Morgan fingerprint density at radius 1 is 1.19 bits per heavy atom. The number of hydrogen-bond donors (Lipinski definition) is 0. The highest BCUT2D eigenvalue weighted by atomic mass is 15.1. The molecule has 16 heavy (non-hydrogen) atoms. The van der Waals surface area contributed by atoms with Crippen molar-refractivity contribution in [3.05, 3.63) is 34.9 Å². The van der Waals surface area contributed by atoms with Crippen LogP contribution in [-0.4, -0.2) is 18.0 Å². The molecule has 0 saturated carbocycles. The monoisotopic (exact) mass is 217 g/mol. The molecule has 88 valence electrons. The van der Waals surface area contributed by atoms with Crippen molar-refractivity contribution < 1.29 is 0 Å². The molecule has 0 bridgehead atoms. The second kappa shape index (κ2) is 5.01. The number of hydrogen-bond acceptors (Lipinski definition) is 1. The lowest BCUT2D eigenvalue weighted by Crippen LogP contribution is -2.32. The zero-order valence-corrected chi connectivity index (χ0v) is 10.8. The molecule has 0 N–H and O–H groups in total. The molecule has 1 heterocycles. The molecule has 1 fully saturated rings. The summed E-state index contributed by atoms with van der Waals surface area (Å²) in [7, 11) is 0. The van der Waals surface area contributed by atoms with Crippen molar-refractivity contribution in [1.82, 2.24) is 4.90 Å². The maximum absolute atomic E-state index is 2.60. The molecule has 2 rings (SSSR count). The predicted molar refractivity (Wildman–Crippen MR) is 69.6 cm³/mol. The molecule has 1 aromatic carbocycles. The number of benzene rings is 1. The van der Waals surface area contributed by atoms with Crippen LogP contribution < -0.4 is 0 Å². The molecule has 0 unspecified atom stereocenters. The zero-order chi connectivity index (χ0) is 11.5. The van der Waals surface area contributed by atoms with Gasteiger partial charge in [0.25, 0.3) is 0 Å². The molecule has 1 aliphatic heterocycles. The summed E-state index contributed by atoms with van der Waals surface area (Å²) < 4.78 is 0. The normalized spacial score (nSPS) is 18.9. The molecule has 0 aliphatic carbocycles. The third-order valence-electron chi connectivity index (χ3n) is 3.77. The van der Waals surface area contributed by atoms with Crippen LogP contribution in [0.25, 0.3) is 0 Å². The molecule has 1 aromatic rings. The van der Waals surface area contributed by atoms with Crippen molar-refractivity contribution >= 4 is 0 Å². The van der Waals surface area contributed by atoms with Gasteiger partial charge in [-0.05, 0) is 56.8 Å². The Morgan fingerprint density at radius 2 is 1.88 bits per heavy atom. The van der Waals surface area contributed by atoms with Gasteiger partial charge in [0.05, 0.1) is 0 Å². The van der Waals surface area contributed by atoms with Crippen LogP contribution in [0.1, 0.15) is 36.5 Å². The number of rotatable bonds is 2.